The first-order valence-corrected chi connectivity index (χ1v) is 10.5. The lowest BCUT2D eigenvalue weighted by Crippen LogP contribution is -2.33. The van der Waals surface area contributed by atoms with Gasteiger partial charge in [0.2, 0.25) is 0 Å². The van der Waals surface area contributed by atoms with Gasteiger partial charge in [-0.1, -0.05) is 56.1 Å². The predicted molar refractivity (Wildman–Crippen MR) is 115 cm³/mol. The van der Waals surface area contributed by atoms with Gasteiger partial charge in [-0.15, -0.1) is 0 Å². The molecule has 2 aromatic carbocycles. The van der Waals surface area contributed by atoms with Gasteiger partial charge in [-0.3, -0.25) is 9.59 Å². The molecule has 1 saturated heterocycles. The summed E-state index contributed by atoms with van der Waals surface area (Å²) in [6.45, 7) is 0.339. The first kappa shape index (κ1) is 21.7. The van der Waals surface area contributed by atoms with Crippen molar-refractivity contribution in [1.29, 1.82) is 0 Å². The number of Topliss-reactive ketones (excluding diaryl/α,β-unsaturated/α-hetero) is 1. The molecule has 0 aliphatic carbocycles. The van der Waals surface area contributed by atoms with Crippen LogP contribution < -0.4 is 0 Å². The molecule has 152 valence electrons. The highest BCUT2D eigenvalue weighted by Gasteiger charge is 2.45. The predicted octanol–water partition coefficient (Wildman–Crippen LogP) is 3.64. The number of carbonyl (C=O) groups excluding carboxylic acids is 2. The smallest absolute Gasteiger partial charge is 0.295 e. The zero-order valence-electron chi connectivity index (χ0n) is 15.3. The molecule has 2 aromatic rings. The largest absolute Gasteiger partial charge is 0.507 e. The van der Waals surface area contributed by atoms with Crippen molar-refractivity contribution >= 4 is 49.3 Å². The lowest BCUT2D eigenvalue weighted by Gasteiger charge is -2.25. The Labute approximate surface area is 185 Å². The maximum absolute atomic E-state index is 12.8. The summed E-state index contributed by atoms with van der Waals surface area (Å²) < 4.78 is 6.97. The van der Waals surface area contributed by atoms with Gasteiger partial charge in [-0.2, -0.15) is 0 Å². The van der Waals surface area contributed by atoms with Crippen LogP contribution in [0.4, 0.5) is 0 Å². The van der Waals surface area contributed by atoms with Crippen LogP contribution in [0.3, 0.4) is 0 Å². The lowest BCUT2D eigenvalue weighted by atomic mass is 9.95. The number of hydrogen-bond acceptors (Lipinski definition) is 5. The van der Waals surface area contributed by atoms with Gasteiger partial charge in [0.05, 0.1) is 31.4 Å². The molecule has 1 atom stereocenters. The van der Waals surface area contributed by atoms with Gasteiger partial charge < -0.3 is 19.8 Å². The summed E-state index contributed by atoms with van der Waals surface area (Å²) in [6, 6.07) is 13.4. The summed E-state index contributed by atoms with van der Waals surface area (Å²) in [5.74, 6) is -1.65. The van der Waals surface area contributed by atoms with Crippen molar-refractivity contribution in [3.63, 3.8) is 0 Å². The van der Waals surface area contributed by atoms with Crippen molar-refractivity contribution < 1.29 is 24.5 Å². The zero-order chi connectivity index (χ0) is 21.0. The van der Waals surface area contributed by atoms with Gasteiger partial charge in [0.1, 0.15) is 5.76 Å². The number of halogens is 2. The third-order valence-electron chi connectivity index (χ3n) is 4.56. The fourth-order valence-electron chi connectivity index (χ4n) is 3.20. The van der Waals surface area contributed by atoms with Crippen molar-refractivity contribution in [2.24, 2.45) is 0 Å². The average molecular weight is 525 g/mol. The molecule has 3 rings (SSSR count). The van der Waals surface area contributed by atoms with Crippen LogP contribution in [0.25, 0.3) is 5.76 Å². The van der Waals surface area contributed by atoms with E-state index in [1.807, 2.05) is 12.1 Å². The molecule has 0 aromatic heterocycles. The second-order valence-electron chi connectivity index (χ2n) is 6.39. The number of likely N-dealkylation sites (tertiary alicyclic amines) is 1. The molecule has 1 aliphatic rings. The molecule has 0 radical (unpaired) electrons. The van der Waals surface area contributed by atoms with E-state index in [9.17, 15) is 14.7 Å². The van der Waals surface area contributed by atoms with E-state index in [0.29, 0.717) is 11.1 Å². The normalized spacial score (nSPS) is 18.4. The van der Waals surface area contributed by atoms with E-state index in [1.54, 1.807) is 36.4 Å². The maximum Gasteiger partial charge on any atom is 0.295 e. The first-order valence-electron chi connectivity index (χ1n) is 8.92. The summed E-state index contributed by atoms with van der Waals surface area (Å²) >= 11 is 6.73. The average Bonchev–Trinajstić information content (AvgIpc) is 2.96. The number of nitrogens with zero attached hydrogens (tertiary/aromatic N) is 1. The Morgan fingerprint density at radius 1 is 0.966 bits per heavy atom. The Bertz CT molecular complexity index is 925. The van der Waals surface area contributed by atoms with Crippen LogP contribution in [-0.2, 0) is 14.3 Å². The third-order valence-corrected chi connectivity index (χ3v) is 5.61. The zero-order valence-corrected chi connectivity index (χ0v) is 18.5. The van der Waals surface area contributed by atoms with Crippen molar-refractivity contribution in [2.75, 3.05) is 26.4 Å². The lowest BCUT2D eigenvalue weighted by molar-refractivity contribution is -0.140. The summed E-state index contributed by atoms with van der Waals surface area (Å²) in [5, 5.41) is 19.8. The Morgan fingerprint density at radius 2 is 1.55 bits per heavy atom. The van der Waals surface area contributed by atoms with Crippen molar-refractivity contribution in [1.82, 2.24) is 4.90 Å². The Balaban J connectivity index is 2.05. The Morgan fingerprint density at radius 3 is 2.14 bits per heavy atom. The van der Waals surface area contributed by atoms with E-state index >= 15 is 0 Å². The van der Waals surface area contributed by atoms with Crippen LogP contribution in [-0.4, -0.2) is 53.2 Å². The molecule has 8 heteroatoms. The summed E-state index contributed by atoms with van der Waals surface area (Å²) in [5.41, 5.74) is 1.19. The summed E-state index contributed by atoms with van der Waals surface area (Å²) in [6.07, 6.45) is 0. The number of benzene rings is 2. The topological polar surface area (TPSA) is 87.1 Å². The Kier molecular flexibility index (Phi) is 7.23. The highest BCUT2D eigenvalue weighted by molar-refractivity contribution is 9.10. The molecular formula is C21H19Br2NO5. The molecule has 29 heavy (non-hydrogen) atoms. The van der Waals surface area contributed by atoms with Crippen LogP contribution in [0.1, 0.15) is 17.2 Å². The number of ether oxygens (including phenoxy) is 1. The van der Waals surface area contributed by atoms with E-state index in [1.165, 1.54) is 4.90 Å². The molecule has 1 fully saturated rings. The van der Waals surface area contributed by atoms with E-state index in [2.05, 4.69) is 31.9 Å². The molecule has 0 spiro atoms. The molecule has 0 bridgehead atoms. The van der Waals surface area contributed by atoms with Crippen molar-refractivity contribution in [3.05, 3.63) is 74.2 Å². The van der Waals surface area contributed by atoms with Crippen LogP contribution in [0.2, 0.25) is 0 Å². The van der Waals surface area contributed by atoms with Crippen LogP contribution in [0.5, 0.6) is 0 Å². The molecular weight excluding hydrogens is 506 g/mol. The highest BCUT2D eigenvalue weighted by Crippen LogP contribution is 2.39. The van der Waals surface area contributed by atoms with Gasteiger partial charge >= 0.3 is 0 Å². The van der Waals surface area contributed by atoms with Gasteiger partial charge in [-0.05, 0) is 29.8 Å². The van der Waals surface area contributed by atoms with Crippen molar-refractivity contribution in [2.45, 2.75) is 6.04 Å². The van der Waals surface area contributed by atoms with E-state index < -0.39 is 17.7 Å². The molecule has 1 heterocycles. The molecule has 0 saturated carbocycles. The van der Waals surface area contributed by atoms with Gasteiger partial charge in [0.25, 0.3) is 11.7 Å². The second-order valence-corrected chi connectivity index (χ2v) is 8.22. The summed E-state index contributed by atoms with van der Waals surface area (Å²) in [4.78, 5) is 27.0. The Hall–Kier alpha value is -2.00. The fraction of sp³-hybridized carbons (Fsp3) is 0.238. The van der Waals surface area contributed by atoms with Crippen LogP contribution in [0.15, 0.2) is 63.0 Å². The van der Waals surface area contributed by atoms with Gasteiger partial charge in [0.15, 0.2) is 0 Å². The first-order chi connectivity index (χ1) is 13.9. The summed E-state index contributed by atoms with van der Waals surface area (Å²) in [7, 11) is 0. The van der Waals surface area contributed by atoms with Crippen molar-refractivity contribution in [3.8, 4) is 0 Å². The molecule has 1 aliphatic heterocycles. The van der Waals surface area contributed by atoms with Crippen LogP contribution >= 0.6 is 31.9 Å². The minimum atomic E-state index is -0.736. The number of aliphatic hydroxyl groups excluding tert-OH is 2. The standard InChI is InChI=1S/C21H19Br2NO5/c22-15-5-1-13(2-6-15)18-17(19(26)14-3-7-16(23)8-4-14)20(27)21(28)24(18)9-11-29-12-10-25/h1-8,18,25-26H,9-12H2/b19-17+. The van der Waals surface area contributed by atoms with Gasteiger partial charge in [0, 0.05) is 21.1 Å². The monoisotopic (exact) mass is 523 g/mol. The molecule has 1 unspecified atom stereocenters. The number of amides is 1. The molecule has 6 nitrogen and oxygen atoms in total. The fourth-order valence-corrected chi connectivity index (χ4v) is 3.72. The minimum Gasteiger partial charge on any atom is -0.507 e. The van der Waals surface area contributed by atoms with E-state index in [4.69, 9.17) is 9.84 Å². The maximum atomic E-state index is 12.8. The van der Waals surface area contributed by atoms with E-state index in [0.717, 1.165) is 8.95 Å². The van der Waals surface area contributed by atoms with Crippen LogP contribution in [0, 0.1) is 0 Å². The number of hydrogen-bond donors (Lipinski definition) is 2. The quantitative estimate of drug-likeness (QED) is 0.250. The molecule has 1 amide bonds. The minimum absolute atomic E-state index is 0.0433. The number of carbonyl (C=O) groups is 2. The number of ketones is 1. The van der Waals surface area contributed by atoms with Gasteiger partial charge in [-0.25, -0.2) is 0 Å². The van der Waals surface area contributed by atoms with E-state index in [-0.39, 0.29) is 37.7 Å². The second kappa shape index (κ2) is 9.67. The highest BCUT2D eigenvalue weighted by atomic mass is 79.9. The molecule has 2 N–H and O–H groups in total. The number of aliphatic hydroxyl groups is 2. The number of rotatable bonds is 7. The SMILES string of the molecule is O=C1C(=O)N(CCOCCO)C(c2ccc(Br)cc2)/C1=C(\O)c1ccc(Br)cc1. The third kappa shape index (κ3) is 4.78.